The SMILES string of the molecule is O=C(NCc1ccc(F)cc1Cl)Nc1cccc(SC(F)(F)F)c1. The highest BCUT2D eigenvalue weighted by atomic mass is 35.5. The monoisotopic (exact) mass is 378 g/mol. The molecular formula is C15H11ClF4N2OS. The minimum absolute atomic E-state index is 0.0399. The van der Waals surface area contributed by atoms with Crippen LogP contribution in [0.25, 0.3) is 0 Å². The highest BCUT2D eigenvalue weighted by Crippen LogP contribution is 2.37. The van der Waals surface area contributed by atoms with Gasteiger partial charge in [0.05, 0.1) is 0 Å². The van der Waals surface area contributed by atoms with Gasteiger partial charge in [0.25, 0.3) is 0 Å². The number of benzene rings is 2. The van der Waals surface area contributed by atoms with E-state index < -0.39 is 17.4 Å². The van der Waals surface area contributed by atoms with Crippen molar-refractivity contribution >= 4 is 35.1 Å². The fourth-order valence-electron chi connectivity index (χ4n) is 1.79. The number of carbonyl (C=O) groups excluding carboxylic acids is 1. The molecule has 0 heterocycles. The maximum Gasteiger partial charge on any atom is 0.446 e. The first-order chi connectivity index (χ1) is 11.2. The second-order valence-electron chi connectivity index (χ2n) is 4.62. The zero-order valence-electron chi connectivity index (χ0n) is 12.0. The molecule has 0 radical (unpaired) electrons. The number of nitrogens with one attached hydrogen (secondary N) is 2. The van der Waals surface area contributed by atoms with Crippen molar-refractivity contribution in [1.29, 1.82) is 0 Å². The molecule has 0 aliphatic carbocycles. The minimum atomic E-state index is -4.40. The third-order valence-corrected chi connectivity index (χ3v) is 3.85. The third-order valence-electron chi connectivity index (χ3n) is 2.78. The van der Waals surface area contributed by atoms with E-state index in [0.717, 1.165) is 6.07 Å². The van der Waals surface area contributed by atoms with Crippen molar-refractivity contribution in [3.05, 3.63) is 58.9 Å². The first kappa shape index (κ1) is 18.4. The summed E-state index contributed by atoms with van der Waals surface area (Å²) < 4.78 is 49.9. The summed E-state index contributed by atoms with van der Waals surface area (Å²) in [5, 5.41) is 5.08. The molecule has 0 atom stereocenters. The van der Waals surface area contributed by atoms with E-state index in [-0.39, 0.29) is 33.9 Å². The lowest BCUT2D eigenvalue weighted by atomic mass is 10.2. The van der Waals surface area contributed by atoms with Gasteiger partial charge in [0, 0.05) is 22.2 Å². The number of halogens is 5. The molecule has 2 aromatic carbocycles. The van der Waals surface area contributed by atoms with Crippen LogP contribution in [0.5, 0.6) is 0 Å². The first-order valence-electron chi connectivity index (χ1n) is 6.57. The molecule has 24 heavy (non-hydrogen) atoms. The van der Waals surface area contributed by atoms with E-state index in [1.807, 2.05) is 0 Å². The molecule has 2 amide bonds. The highest BCUT2D eigenvalue weighted by Gasteiger charge is 2.29. The van der Waals surface area contributed by atoms with Crippen LogP contribution in [0.3, 0.4) is 0 Å². The Morgan fingerprint density at radius 2 is 1.92 bits per heavy atom. The molecule has 0 saturated carbocycles. The van der Waals surface area contributed by atoms with Crippen LogP contribution in [0.1, 0.15) is 5.56 Å². The Hall–Kier alpha value is -1.93. The molecule has 0 aliphatic rings. The Labute approximate surface area is 144 Å². The van der Waals surface area contributed by atoms with Crippen molar-refractivity contribution in [2.75, 3.05) is 5.32 Å². The van der Waals surface area contributed by atoms with Crippen molar-refractivity contribution in [2.45, 2.75) is 16.9 Å². The summed E-state index contributed by atoms with van der Waals surface area (Å²) in [4.78, 5) is 11.8. The zero-order chi connectivity index (χ0) is 17.7. The molecule has 0 spiro atoms. The van der Waals surface area contributed by atoms with Crippen LogP contribution >= 0.6 is 23.4 Å². The number of amides is 2. The number of thioether (sulfide) groups is 1. The second kappa shape index (κ2) is 7.76. The van der Waals surface area contributed by atoms with Gasteiger partial charge in [-0.15, -0.1) is 0 Å². The van der Waals surface area contributed by atoms with Gasteiger partial charge in [0.2, 0.25) is 0 Å². The summed E-state index contributed by atoms with van der Waals surface area (Å²) in [6.07, 6.45) is 0. The molecule has 0 unspecified atom stereocenters. The fourth-order valence-corrected chi connectivity index (χ4v) is 2.62. The Morgan fingerprint density at radius 3 is 2.58 bits per heavy atom. The fraction of sp³-hybridized carbons (Fsp3) is 0.133. The number of hydrogen-bond acceptors (Lipinski definition) is 2. The molecule has 128 valence electrons. The second-order valence-corrected chi connectivity index (χ2v) is 6.16. The number of carbonyl (C=O) groups is 1. The van der Waals surface area contributed by atoms with E-state index in [1.54, 1.807) is 0 Å². The average Bonchev–Trinajstić information content (AvgIpc) is 2.45. The van der Waals surface area contributed by atoms with Crippen molar-refractivity contribution < 1.29 is 22.4 Å². The van der Waals surface area contributed by atoms with E-state index in [1.165, 1.54) is 36.4 Å². The number of hydrogen-bond donors (Lipinski definition) is 2. The van der Waals surface area contributed by atoms with Crippen LogP contribution in [0, 0.1) is 5.82 Å². The van der Waals surface area contributed by atoms with Gasteiger partial charge in [-0.25, -0.2) is 9.18 Å². The molecule has 0 bridgehead atoms. The van der Waals surface area contributed by atoms with Gasteiger partial charge in [0.1, 0.15) is 5.82 Å². The maximum atomic E-state index is 12.9. The topological polar surface area (TPSA) is 41.1 Å². The lowest BCUT2D eigenvalue weighted by Crippen LogP contribution is -2.28. The number of anilines is 1. The van der Waals surface area contributed by atoms with Crippen molar-refractivity contribution in [2.24, 2.45) is 0 Å². The number of urea groups is 1. The van der Waals surface area contributed by atoms with Gasteiger partial charge in [-0.1, -0.05) is 23.7 Å². The Bertz CT molecular complexity index is 740. The summed E-state index contributed by atoms with van der Waals surface area (Å²) in [5.74, 6) is -0.493. The molecule has 0 aromatic heterocycles. The molecular weight excluding hydrogens is 368 g/mol. The highest BCUT2D eigenvalue weighted by molar-refractivity contribution is 8.00. The van der Waals surface area contributed by atoms with Gasteiger partial charge >= 0.3 is 11.5 Å². The van der Waals surface area contributed by atoms with Gasteiger partial charge in [-0.2, -0.15) is 13.2 Å². The average molecular weight is 379 g/mol. The van der Waals surface area contributed by atoms with Crippen molar-refractivity contribution in [3.8, 4) is 0 Å². The number of alkyl halides is 3. The van der Waals surface area contributed by atoms with Crippen molar-refractivity contribution in [1.82, 2.24) is 5.32 Å². The standard InChI is InChI=1S/C15H11ClF4N2OS/c16-13-6-10(17)5-4-9(13)8-21-14(23)22-11-2-1-3-12(7-11)24-15(18,19)20/h1-7H,8H2,(H2,21,22,23). The third kappa shape index (κ3) is 5.93. The largest absolute Gasteiger partial charge is 0.446 e. The van der Waals surface area contributed by atoms with Gasteiger partial charge in [-0.3, -0.25) is 0 Å². The Balaban J connectivity index is 1.93. The van der Waals surface area contributed by atoms with E-state index in [0.29, 0.717) is 5.56 Å². The first-order valence-corrected chi connectivity index (χ1v) is 7.77. The summed E-state index contributed by atoms with van der Waals surface area (Å²) in [5.41, 5.74) is -3.68. The molecule has 9 heteroatoms. The molecule has 0 saturated heterocycles. The molecule has 3 nitrogen and oxygen atoms in total. The van der Waals surface area contributed by atoms with E-state index in [4.69, 9.17) is 11.6 Å². The molecule has 0 aliphatic heterocycles. The normalized spacial score (nSPS) is 11.2. The van der Waals surface area contributed by atoms with Crippen molar-refractivity contribution in [3.63, 3.8) is 0 Å². The Morgan fingerprint density at radius 1 is 1.17 bits per heavy atom. The molecule has 0 fully saturated rings. The summed E-state index contributed by atoms with van der Waals surface area (Å²) in [6, 6.07) is 8.50. The lowest BCUT2D eigenvalue weighted by molar-refractivity contribution is -0.0328. The quantitative estimate of drug-likeness (QED) is 0.551. The Kier molecular flexibility index (Phi) is 5.95. The van der Waals surface area contributed by atoms with E-state index >= 15 is 0 Å². The zero-order valence-corrected chi connectivity index (χ0v) is 13.5. The van der Waals surface area contributed by atoms with Gasteiger partial charge < -0.3 is 10.6 Å². The number of rotatable bonds is 4. The smallest absolute Gasteiger partial charge is 0.334 e. The van der Waals surface area contributed by atoms with Crippen LogP contribution in [0.15, 0.2) is 47.4 Å². The van der Waals surface area contributed by atoms with E-state index in [9.17, 15) is 22.4 Å². The van der Waals surface area contributed by atoms with Crippen LogP contribution in [0.4, 0.5) is 28.0 Å². The minimum Gasteiger partial charge on any atom is -0.334 e. The van der Waals surface area contributed by atoms with Crippen LogP contribution in [-0.2, 0) is 6.54 Å². The van der Waals surface area contributed by atoms with Crippen LogP contribution < -0.4 is 10.6 Å². The predicted octanol–water partition coefficient (Wildman–Crippen LogP) is 5.41. The van der Waals surface area contributed by atoms with Gasteiger partial charge in [-0.05, 0) is 47.7 Å². The molecule has 2 rings (SSSR count). The summed E-state index contributed by atoms with van der Waals surface area (Å²) in [7, 11) is 0. The summed E-state index contributed by atoms with van der Waals surface area (Å²) >= 11 is 5.57. The lowest BCUT2D eigenvalue weighted by Gasteiger charge is -2.10. The summed E-state index contributed by atoms with van der Waals surface area (Å²) in [6.45, 7) is 0.0436. The van der Waals surface area contributed by atoms with E-state index in [2.05, 4.69) is 10.6 Å². The molecule has 2 N–H and O–H groups in total. The van der Waals surface area contributed by atoms with Crippen LogP contribution in [0.2, 0.25) is 5.02 Å². The van der Waals surface area contributed by atoms with Gasteiger partial charge in [0.15, 0.2) is 0 Å². The van der Waals surface area contributed by atoms with Crippen LogP contribution in [-0.4, -0.2) is 11.5 Å². The predicted molar refractivity (Wildman–Crippen MR) is 85.6 cm³/mol. The molecule has 2 aromatic rings. The maximum absolute atomic E-state index is 12.9.